The second-order valence-corrected chi connectivity index (χ2v) is 5.61. The Balaban J connectivity index is 2.18. The van der Waals surface area contributed by atoms with Crippen LogP contribution in [0.1, 0.15) is 18.2 Å². The molecule has 1 aromatic rings. The van der Waals surface area contributed by atoms with E-state index in [1.165, 1.54) is 4.88 Å². The summed E-state index contributed by atoms with van der Waals surface area (Å²) >= 11 is 7.46. The summed E-state index contributed by atoms with van der Waals surface area (Å²) in [6, 6.07) is 3.94. The second-order valence-electron chi connectivity index (χ2n) is 3.81. The van der Waals surface area contributed by atoms with Crippen LogP contribution in [0.25, 0.3) is 0 Å². The smallest absolute Gasteiger partial charge is 0.205 e. The molecule has 7 heteroatoms. The Hall–Kier alpha value is -0.820. The van der Waals surface area contributed by atoms with Crippen molar-refractivity contribution >= 4 is 28.9 Å². The van der Waals surface area contributed by atoms with Gasteiger partial charge in [0.15, 0.2) is 0 Å². The molecule has 0 bridgehead atoms. The van der Waals surface area contributed by atoms with E-state index >= 15 is 0 Å². The maximum absolute atomic E-state index is 5.87. The van der Waals surface area contributed by atoms with Crippen LogP contribution in [0, 0.1) is 0 Å². The van der Waals surface area contributed by atoms with Crippen LogP contribution < -0.4 is 16.6 Å². The number of hydrogen-bond acceptors (Lipinski definition) is 4. The minimum atomic E-state index is 0.610. The Kier molecular flexibility index (Phi) is 8.57. The monoisotopic (exact) mass is 304 g/mol. The quantitative estimate of drug-likeness (QED) is 0.225. The molecule has 0 atom stereocenters. The SMILES string of the molecule is CCOCCCN=C(NN)NCCc1ccc(Cl)s1. The number of aliphatic imine (C=N–C) groups is 1. The van der Waals surface area contributed by atoms with Gasteiger partial charge in [0, 0.05) is 31.2 Å². The standard InChI is InChI=1S/C12H21ClN4OS/c1-2-18-9-3-7-15-12(17-14)16-8-6-10-4-5-11(13)19-10/h4-5H,2-3,6-9,14H2,1H3,(H2,15,16,17). The van der Waals surface area contributed by atoms with Crippen LogP contribution in [0.4, 0.5) is 0 Å². The van der Waals surface area contributed by atoms with Crippen molar-refractivity contribution in [2.45, 2.75) is 19.8 Å². The molecular formula is C12H21ClN4OS. The van der Waals surface area contributed by atoms with Crippen LogP contribution in [0.2, 0.25) is 4.34 Å². The highest BCUT2D eigenvalue weighted by molar-refractivity contribution is 7.16. The number of guanidine groups is 1. The first-order valence-corrected chi connectivity index (χ1v) is 7.52. The van der Waals surface area contributed by atoms with Crippen molar-refractivity contribution in [3.8, 4) is 0 Å². The molecule has 0 radical (unpaired) electrons. The minimum absolute atomic E-state index is 0.610. The molecule has 0 aliphatic heterocycles. The minimum Gasteiger partial charge on any atom is -0.382 e. The van der Waals surface area contributed by atoms with E-state index in [2.05, 4.69) is 15.7 Å². The molecule has 0 unspecified atom stereocenters. The van der Waals surface area contributed by atoms with Gasteiger partial charge in [0.05, 0.1) is 4.34 Å². The molecule has 0 aromatic carbocycles. The van der Waals surface area contributed by atoms with Crippen LogP contribution in [0.3, 0.4) is 0 Å². The summed E-state index contributed by atoms with van der Waals surface area (Å²) in [5, 5.41) is 3.15. The van der Waals surface area contributed by atoms with E-state index in [-0.39, 0.29) is 0 Å². The molecule has 19 heavy (non-hydrogen) atoms. The van der Waals surface area contributed by atoms with Gasteiger partial charge in [-0.05, 0) is 31.9 Å². The largest absolute Gasteiger partial charge is 0.382 e. The maximum Gasteiger partial charge on any atom is 0.205 e. The third kappa shape index (κ3) is 7.37. The summed E-state index contributed by atoms with van der Waals surface area (Å²) in [5.41, 5.74) is 2.56. The van der Waals surface area contributed by atoms with E-state index < -0.39 is 0 Å². The predicted molar refractivity (Wildman–Crippen MR) is 81.8 cm³/mol. The predicted octanol–water partition coefficient (Wildman–Crippen LogP) is 1.78. The highest BCUT2D eigenvalue weighted by atomic mass is 35.5. The zero-order valence-electron chi connectivity index (χ0n) is 11.1. The van der Waals surface area contributed by atoms with Gasteiger partial charge in [0.2, 0.25) is 5.96 Å². The average molecular weight is 305 g/mol. The van der Waals surface area contributed by atoms with Gasteiger partial charge in [0.25, 0.3) is 0 Å². The number of nitrogens with one attached hydrogen (secondary N) is 2. The zero-order valence-corrected chi connectivity index (χ0v) is 12.7. The number of thiophene rings is 1. The first-order chi connectivity index (χ1) is 9.26. The molecular weight excluding hydrogens is 284 g/mol. The van der Waals surface area contributed by atoms with E-state index in [4.69, 9.17) is 22.2 Å². The second kappa shape index (κ2) is 10.0. The summed E-state index contributed by atoms with van der Waals surface area (Å²) in [6.45, 7) is 4.91. The van der Waals surface area contributed by atoms with Gasteiger partial charge in [-0.3, -0.25) is 10.4 Å². The van der Waals surface area contributed by atoms with Crippen molar-refractivity contribution < 1.29 is 4.74 Å². The molecule has 5 nitrogen and oxygen atoms in total. The van der Waals surface area contributed by atoms with Crippen molar-refractivity contribution in [2.75, 3.05) is 26.3 Å². The Morgan fingerprint density at radius 1 is 1.53 bits per heavy atom. The van der Waals surface area contributed by atoms with E-state index in [9.17, 15) is 0 Å². The summed E-state index contributed by atoms with van der Waals surface area (Å²) in [6.07, 6.45) is 1.79. The number of hydrazine groups is 1. The number of nitrogens with zero attached hydrogens (tertiary/aromatic N) is 1. The van der Waals surface area contributed by atoms with Gasteiger partial charge in [0.1, 0.15) is 0 Å². The van der Waals surface area contributed by atoms with Crippen LogP contribution in [0.5, 0.6) is 0 Å². The fourth-order valence-corrected chi connectivity index (χ4v) is 2.53. The molecule has 1 heterocycles. The summed E-state index contributed by atoms with van der Waals surface area (Å²) in [4.78, 5) is 5.56. The first-order valence-electron chi connectivity index (χ1n) is 6.33. The van der Waals surface area contributed by atoms with Crippen LogP contribution >= 0.6 is 22.9 Å². The van der Waals surface area contributed by atoms with Crippen molar-refractivity contribution in [3.05, 3.63) is 21.3 Å². The molecule has 108 valence electrons. The number of nitrogens with two attached hydrogens (primary N) is 1. The molecule has 0 fully saturated rings. The molecule has 0 aliphatic carbocycles. The topological polar surface area (TPSA) is 71.7 Å². The van der Waals surface area contributed by atoms with Crippen LogP contribution in [-0.2, 0) is 11.2 Å². The molecule has 4 N–H and O–H groups in total. The molecule has 0 amide bonds. The maximum atomic E-state index is 5.87. The lowest BCUT2D eigenvalue weighted by Gasteiger charge is -2.08. The fourth-order valence-electron chi connectivity index (χ4n) is 1.44. The van der Waals surface area contributed by atoms with Gasteiger partial charge in [-0.1, -0.05) is 11.6 Å². The number of hydrogen-bond donors (Lipinski definition) is 3. The van der Waals surface area contributed by atoms with Gasteiger partial charge >= 0.3 is 0 Å². The summed E-state index contributed by atoms with van der Waals surface area (Å²) in [7, 11) is 0. The average Bonchev–Trinajstić information content (AvgIpc) is 2.82. The Bertz CT molecular complexity index is 384. The lowest BCUT2D eigenvalue weighted by atomic mass is 10.3. The third-order valence-electron chi connectivity index (χ3n) is 2.35. The van der Waals surface area contributed by atoms with Crippen molar-refractivity contribution in [3.63, 3.8) is 0 Å². The first kappa shape index (κ1) is 16.2. The van der Waals surface area contributed by atoms with Crippen molar-refractivity contribution in [2.24, 2.45) is 10.8 Å². The van der Waals surface area contributed by atoms with E-state index in [0.717, 1.165) is 36.9 Å². The number of rotatable bonds is 8. The molecule has 1 aromatic heterocycles. The van der Waals surface area contributed by atoms with Gasteiger partial charge in [-0.15, -0.1) is 11.3 Å². The van der Waals surface area contributed by atoms with Crippen molar-refractivity contribution in [1.82, 2.24) is 10.7 Å². The van der Waals surface area contributed by atoms with Crippen LogP contribution in [-0.4, -0.2) is 32.3 Å². The fraction of sp³-hybridized carbons (Fsp3) is 0.583. The molecule has 0 aliphatic rings. The molecule has 1 rings (SSSR count). The third-order valence-corrected chi connectivity index (χ3v) is 3.64. The highest BCUT2D eigenvalue weighted by Crippen LogP contribution is 2.21. The number of ether oxygens (including phenoxy) is 1. The Morgan fingerprint density at radius 2 is 2.37 bits per heavy atom. The lowest BCUT2D eigenvalue weighted by Crippen LogP contribution is -2.42. The zero-order chi connectivity index (χ0) is 13.9. The van der Waals surface area contributed by atoms with E-state index in [0.29, 0.717) is 12.5 Å². The highest BCUT2D eigenvalue weighted by Gasteiger charge is 1.99. The normalized spacial score (nSPS) is 11.6. The molecule has 0 saturated heterocycles. The molecule has 0 saturated carbocycles. The van der Waals surface area contributed by atoms with Gasteiger partial charge < -0.3 is 10.1 Å². The van der Waals surface area contributed by atoms with Crippen LogP contribution in [0.15, 0.2) is 17.1 Å². The lowest BCUT2D eigenvalue weighted by molar-refractivity contribution is 0.146. The van der Waals surface area contributed by atoms with Gasteiger partial charge in [-0.2, -0.15) is 0 Å². The Labute approximate surface area is 123 Å². The summed E-state index contributed by atoms with van der Waals surface area (Å²) in [5.74, 6) is 6.01. The number of halogens is 1. The van der Waals surface area contributed by atoms with E-state index in [1.807, 2.05) is 19.1 Å². The summed E-state index contributed by atoms with van der Waals surface area (Å²) < 4.78 is 6.05. The van der Waals surface area contributed by atoms with E-state index in [1.54, 1.807) is 11.3 Å². The Morgan fingerprint density at radius 3 is 3.00 bits per heavy atom. The molecule has 0 spiro atoms. The van der Waals surface area contributed by atoms with Crippen molar-refractivity contribution in [1.29, 1.82) is 0 Å². The van der Waals surface area contributed by atoms with Gasteiger partial charge in [-0.25, -0.2) is 5.84 Å².